The molecule has 0 aliphatic rings. The van der Waals surface area contributed by atoms with Crippen molar-refractivity contribution >= 4 is 109 Å². The fourth-order valence-electron chi connectivity index (χ4n) is 11.8. The first-order valence-corrected chi connectivity index (χ1v) is 24.0. The maximum absolute atomic E-state index is 5.97. The van der Waals surface area contributed by atoms with Crippen LogP contribution in [0.4, 0.5) is 0 Å². The normalized spacial score (nSPS) is 13.4. The lowest BCUT2D eigenvalue weighted by Crippen LogP contribution is -2.11. The lowest BCUT2D eigenvalue weighted by molar-refractivity contribution is 0.590. The van der Waals surface area contributed by atoms with Gasteiger partial charge in [-0.15, -0.1) is 0 Å². The number of para-hydroxylation sites is 2. The maximum atomic E-state index is 5.97. The van der Waals surface area contributed by atoms with Crippen LogP contribution in [0.5, 0.6) is 0 Å². The second kappa shape index (κ2) is 12.7. The topological polar surface area (TPSA) is 26.6 Å². The van der Waals surface area contributed by atoms with Crippen molar-refractivity contribution in [2.75, 3.05) is 0 Å². The summed E-state index contributed by atoms with van der Waals surface area (Å²) in [5.41, 5.74) is 18.1. The molecule has 0 unspecified atom stereocenters. The molecule has 0 aliphatic carbocycles. The molecule has 0 saturated carbocycles. The molecule has 67 heavy (non-hydrogen) atoms. The van der Waals surface area contributed by atoms with E-state index >= 15 is 0 Å². The molecule has 0 spiro atoms. The SMILES string of the molecule is CC(C)(C)c1ccc2c(c1)c1cc(C(C)(C)C)cc3c4nc5c(cc4n2c13)c1cc(C(C)(C)C)cc2c3c4ccccc4cc(-c4ccc6c(c4)c4ccccc4n6-c4ccccc4)c3n5c12. The molecule has 6 heterocycles. The summed E-state index contributed by atoms with van der Waals surface area (Å²) in [6.45, 7) is 21.0. The van der Waals surface area contributed by atoms with E-state index in [-0.39, 0.29) is 16.2 Å². The van der Waals surface area contributed by atoms with Crippen molar-refractivity contribution in [3.63, 3.8) is 0 Å². The van der Waals surface area contributed by atoms with E-state index in [1.54, 1.807) is 0 Å². The fraction of sp³-hybridized carbons (Fsp3) is 0.190. The summed E-state index contributed by atoms with van der Waals surface area (Å²) in [5.74, 6) is 0. The van der Waals surface area contributed by atoms with Gasteiger partial charge in [-0.3, -0.25) is 4.40 Å². The van der Waals surface area contributed by atoms with Crippen molar-refractivity contribution in [2.24, 2.45) is 0 Å². The average Bonchev–Trinajstić information content (AvgIpc) is 4.10. The Kier molecular flexibility index (Phi) is 7.36. The van der Waals surface area contributed by atoms with E-state index in [0.717, 1.165) is 16.9 Å². The van der Waals surface area contributed by atoms with Crippen molar-refractivity contribution in [3.05, 3.63) is 168 Å². The number of fused-ring (bicyclic) bond motifs is 17. The zero-order valence-electron chi connectivity index (χ0n) is 39.7. The predicted octanol–water partition coefficient (Wildman–Crippen LogP) is 17.2. The van der Waals surface area contributed by atoms with E-state index < -0.39 is 0 Å². The van der Waals surface area contributed by atoms with E-state index in [1.165, 1.54) is 126 Å². The highest BCUT2D eigenvalue weighted by atomic mass is 15.0. The van der Waals surface area contributed by atoms with E-state index in [2.05, 4.69) is 227 Å². The second-order valence-electron chi connectivity index (χ2n) is 22.5. The molecular weight excluding hydrogens is 813 g/mol. The summed E-state index contributed by atoms with van der Waals surface area (Å²) in [6, 6.07) is 57.7. The fourth-order valence-corrected chi connectivity index (χ4v) is 11.8. The van der Waals surface area contributed by atoms with Crippen LogP contribution in [0.1, 0.15) is 79.0 Å². The lowest BCUT2D eigenvalue weighted by atomic mass is 9.84. The molecule has 14 aromatic rings. The molecule has 0 atom stereocenters. The third kappa shape index (κ3) is 5.16. The number of hydrogen-bond donors (Lipinski definition) is 0. The minimum atomic E-state index is -0.0788. The van der Waals surface area contributed by atoms with E-state index in [4.69, 9.17) is 4.98 Å². The molecule has 4 nitrogen and oxygen atoms in total. The predicted molar refractivity (Wildman–Crippen MR) is 287 cm³/mol. The van der Waals surface area contributed by atoms with Gasteiger partial charge in [0.15, 0.2) is 0 Å². The highest BCUT2D eigenvalue weighted by molar-refractivity contribution is 6.32. The van der Waals surface area contributed by atoms with Crippen molar-refractivity contribution in [2.45, 2.75) is 78.6 Å². The number of pyridine rings is 1. The molecule has 0 bridgehead atoms. The minimum Gasteiger partial charge on any atom is -0.309 e. The van der Waals surface area contributed by atoms with E-state index in [9.17, 15) is 0 Å². The number of aromatic nitrogens is 4. The quantitative estimate of drug-likeness (QED) is 0.170. The third-order valence-electron chi connectivity index (χ3n) is 15.3. The Labute approximate surface area is 389 Å². The largest absolute Gasteiger partial charge is 0.309 e. The first-order valence-electron chi connectivity index (χ1n) is 24.0. The summed E-state index contributed by atoms with van der Waals surface area (Å²) in [7, 11) is 0. The van der Waals surface area contributed by atoms with Gasteiger partial charge >= 0.3 is 0 Å². The molecule has 0 N–H and O–H groups in total. The van der Waals surface area contributed by atoms with Crippen LogP contribution < -0.4 is 0 Å². The molecular formula is C63H52N4. The molecule has 324 valence electrons. The van der Waals surface area contributed by atoms with Gasteiger partial charge in [-0.25, -0.2) is 4.98 Å². The molecule has 0 fully saturated rings. The van der Waals surface area contributed by atoms with Gasteiger partial charge in [-0.2, -0.15) is 0 Å². The van der Waals surface area contributed by atoms with Gasteiger partial charge in [0.1, 0.15) is 5.65 Å². The van der Waals surface area contributed by atoms with Crippen LogP contribution in [0, 0.1) is 0 Å². The number of nitrogens with zero attached hydrogens (tertiary/aromatic N) is 4. The monoisotopic (exact) mass is 864 g/mol. The third-order valence-corrected chi connectivity index (χ3v) is 15.3. The van der Waals surface area contributed by atoms with Gasteiger partial charge in [-0.1, -0.05) is 135 Å². The Balaban J connectivity index is 1.16. The standard InChI is InChI=1S/C63H52N4/c1-61(2,3)37-24-26-53-45(29-37)46-30-39(63(7,8)9)33-50-56-54(66(53)58(46)50)34-48-47-31-38(62(4,5)6)32-49-55-41-20-14-13-17-35(41)27-43(59(55)67(57(47)49)60(48)64-56)36-23-25-52-44(28-36)42-21-15-16-22-51(42)65(52)40-18-11-10-12-19-40/h10-34H,1-9H3. The van der Waals surface area contributed by atoms with Gasteiger partial charge < -0.3 is 8.97 Å². The van der Waals surface area contributed by atoms with Crippen LogP contribution in [0.2, 0.25) is 0 Å². The Hall–Kier alpha value is -7.43. The summed E-state index contributed by atoms with van der Waals surface area (Å²) in [4.78, 5) is 5.97. The summed E-state index contributed by atoms with van der Waals surface area (Å²) >= 11 is 0. The van der Waals surface area contributed by atoms with Crippen LogP contribution in [0.15, 0.2) is 152 Å². The molecule has 8 aromatic carbocycles. The van der Waals surface area contributed by atoms with Gasteiger partial charge in [0.2, 0.25) is 0 Å². The van der Waals surface area contributed by atoms with Crippen LogP contribution >= 0.6 is 0 Å². The van der Waals surface area contributed by atoms with Gasteiger partial charge in [0.05, 0.1) is 44.1 Å². The summed E-state index contributed by atoms with van der Waals surface area (Å²) in [6.07, 6.45) is 0. The number of rotatable bonds is 2. The lowest BCUT2D eigenvalue weighted by Gasteiger charge is -2.20. The summed E-state index contributed by atoms with van der Waals surface area (Å²) < 4.78 is 7.48. The first-order chi connectivity index (χ1) is 32.1. The minimum absolute atomic E-state index is 0.0359. The Morgan fingerprint density at radius 3 is 1.70 bits per heavy atom. The van der Waals surface area contributed by atoms with Crippen molar-refractivity contribution in [3.8, 4) is 16.8 Å². The van der Waals surface area contributed by atoms with Gasteiger partial charge in [0, 0.05) is 59.7 Å². The summed E-state index contributed by atoms with van der Waals surface area (Å²) in [5, 5.41) is 13.9. The number of hydrogen-bond acceptors (Lipinski definition) is 1. The van der Waals surface area contributed by atoms with E-state index in [1.807, 2.05) is 0 Å². The Morgan fingerprint density at radius 1 is 0.373 bits per heavy atom. The number of benzene rings is 8. The molecule has 14 rings (SSSR count). The smallest absolute Gasteiger partial charge is 0.146 e. The Morgan fingerprint density at radius 2 is 0.955 bits per heavy atom. The van der Waals surface area contributed by atoms with Crippen molar-refractivity contribution in [1.29, 1.82) is 0 Å². The molecule has 6 aromatic heterocycles. The van der Waals surface area contributed by atoms with Gasteiger partial charge in [-0.05, 0) is 128 Å². The molecule has 0 radical (unpaired) electrons. The molecule has 0 amide bonds. The van der Waals surface area contributed by atoms with Crippen molar-refractivity contribution in [1.82, 2.24) is 18.4 Å². The molecule has 4 heteroatoms. The maximum Gasteiger partial charge on any atom is 0.146 e. The first kappa shape index (κ1) is 38.8. The molecule has 0 aliphatic heterocycles. The Bertz CT molecular complexity index is 4420. The van der Waals surface area contributed by atoms with Gasteiger partial charge in [0.25, 0.3) is 0 Å². The highest BCUT2D eigenvalue weighted by Crippen LogP contribution is 2.50. The van der Waals surface area contributed by atoms with E-state index in [0.29, 0.717) is 0 Å². The van der Waals surface area contributed by atoms with Crippen LogP contribution in [0.3, 0.4) is 0 Å². The van der Waals surface area contributed by atoms with Crippen LogP contribution in [0.25, 0.3) is 126 Å². The van der Waals surface area contributed by atoms with Crippen LogP contribution in [-0.4, -0.2) is 18.4 Å². The van der Waals surface area contributed by atoms with Crippen LogP contribution in [-0.2, 0) is 16.2 Å². The average molecular weight is 865 g/mol. The van der Waals surface area contributed by atoms with Crippen molar-refractivity contribution < 1.29 is 0 Å². The second-order valence-corrected chi connectivity index (χ2v) is 22.5. The molecule has 0 saturated heterocycles. The highest BCUT2D eigenvalue weighted by Gasteiger charge is 2.30. The zero-order valence-corrected chi connectivity index (χ0v) is 39.7. The zero-order chi connectivity index (χ0) is 45.6.